The van der Waals surface area contributed by atoms with Crippen LogP contribution >= 0.6 is 0 Å². The molecule has 0 bridgehead atoms. The van der Waals surface area contributed by atoms with E-state index in [2.05, 4.69) is 0 Å². The molecule has 2 saturated carbocycles. The quantitative estimate of drug-likeness (QED) is 0.752. The standard InChI is InChI=1S/C18H29NO3/c20-17-8-2-1-5-11-19(17)13-18(21)22-16-10-9-14-6-3-4-7-15(14)12-16/h14-16H,1-13H2/t14-,15+,16-/m1/s1. The van der Waals surface area contributed by atoms with Gasteiger partial charge in [-0.15, -0.1) is 0 Å². The van der Waals surface area contributed by atoms with E-state index in [1.54, 1.807) is 4.90 Å². The van der Waals surface area contributed by atoms with Crippen LogP contribution in [0.25, 0.3) is 0 Å². The first-order valence-electron chi connectivity index (χ1n) is 9.19. The third-order valence-corrected chi connectivity index (χ3v) is 5.78. The zero-order valence-electron chi connectivity index (χ0n) is 13.6. The van der Waals surface area contributed by atoms with Gasteiger partial charge in [-0.2, -0.15) is 0 Å². The van der Waals surface area contributed by atoms with Gasteiger partial charge < -0.3 is 9.64 Å². The molecular weight excluding hydrogens is 278 g/mol. The summed E-state index contributed by atoms with van der Waals surface area (Å²) < 4.78 is 5.70. The number of likely N-dealkylation sites (tertiary alicyclic amines) is 1. The maximum absolute atomic E-state index is 12.2. The highest BCUT2D eigenvalue weighted by Crippen LogP contribution is 2.41. The molecule has 0 radical (unpaired) electrons. The van der Waals surface area contributed by atoms with Crippen molar-refractivity contribution >= 4 is 11.9 Å². The molecule has 0 aromatic rings. The number of fused-ring (bicyclic) bond motifs is 1. The van der Waals surface area contributed by atoms with Crippen molar-refractivity contribution in [2.24, 2.45) is 11.8 Å². The topological polar surface area (TPSA) is 46.6 Å². The second kappa shape index (κ2) is 7.47. The molecule has 0 N–H and O–H groups in total. The minimum absolute atomic E-state index is 0.0916. The summed E-state index contributed by atoms with van der Waals surface area (Å²) in [5.74, 6) is 1.55. The number of nitrogens with zero attached hydrogens (tertiary/aromatic N) is 1. The summed E-state index contributed by atoms with van der Waals surface area (Å²) in [6.45, 7) is 0.868. The number of amides is 1. The lowest BCUT2D eigenvalue weighted by Gasteiger charge is -2.39. The van der Waals surface area contributed by atoms with E-state index in [1.165, 1.54) is 32.1 Å². The summed E-state index contributed by atoms with van der Waals surface area (Å²) in [5, 5.41) is 0. The summed E-state index contributed by atoms with van der Waals surface area (Å²) in [7, 11) is 0. The van der Waals surface area contributed by atoms with Crippen LogP contribution in [-0.4, -0.2) is 36.0 Å². The molecule has 1 aliphatic heterocycles. The van der Waals surface area contributed by atoms with Crippen LogP contribution in [0.5, 0.6) is 0 Å². The molecule has 3 rings (SSSR count). The van der Waals surface area contributed by atoms with Gasteiger partial charge in [-0.25, -0.2) is 0 Å². The van der Waals surface area contributed by atoms with Gasteiger partial charge in [0.05, 0.1) is 0 Å². The maximum atomic E-state index is 12.2. The van der Waals surface area contributed by atoms with Crippen LogP contribution in [0.3, 0.4) is 0 Å². The summed E-state index contributed by atoms with van der Waals surface area (Å²) in [4.78, 5) is 25.8. The highest BCUT2D eigenvalue weighted by atomic mass is 16.5. The van der Waals surface area contributed by atoms with Gasteiger partial charge in [-0.1, -0.05) is 32.1 Å². The van der Waals surface area contributed by atoms with Crippen molar-refractivity contribution in [2.75, 3.05) is 13.1 Å². The number of rotatable bonds is 3. The Balaban J connectivity index is 1.46. The second-order valence-corrected chi connectivity index (χ2v) is 7.36. The van der Waals surface area contributed by atoms with Gasteiger partial charge in [-0.3, -0.25) is 9.59 Å². The van der Waals surface area contributed by atoms with Crippen LogP contribution in [0.2, 0.25) is 0 Å². The molecule has 0 aromatic heterocycles. The van der Waals surface area contributed by atoms with Gasteiger partial charge in [0.1, 0.15) is 12.6 Å². The van der Waals surface area contributed by atoms with Gasteiger partial charge in [0.2, 0.25) is 5.91 Å². The van der Waals surface area contributed by atoms with Crippen LogP contribution in [-0.2, 0) is 14.3 Å². The number of hydrogen-bond donors (Lipinski definition) is 0. The summed E-state index contributed by atoms with van der Waals surface area (Å²) in [6, 6.07) is 0. The van der Waals surface area contributed by atoms with Gasteiger partial charge in [0.15, 0.2) is 0 Å². The average molecular weight is 307 g/mol. The van der Waals surface area contributed by atoms with E-state index < -0.39 is 0 Å². The number of carbonyl (C=O) groups is 2. The van der Waals surface area contributed by atoms with Crippen molar-refractivity contribution in [3.63, 3.8) is 0 Å². The van der Waals surface area contributed by atoms with Gasteiger partial charge >= 0.3 is 5.97 Å². The molecule has 4 nitrogen and oxygen atoms in total. The van der Waals surface area contributed by atoms with Gasteiger partial charge in [-0.05, 0) is 43.9 Å². The predicted molar refractivity (Wildman–Crippen MR) is 84.2 cm³/mol. The predicted octanol–water partition coefficient (Wildman–Crippen LogP) is 3.29. The molecule has 124 valence electrons. The van der Waals surface area contributed by atoms with Crippen molar-refractivity contribution in [3.05, 3.63) is 0 Å². The van der Waals surface area contributed by atoms with E-state index in [-0.39, 0.29) is 24.5 Å². The van der Waals surface area contributed by atoms with E-state index in [0.717, 1.165) is 43.9 Å². The Kier molecular flexibility index (Phi) is 5.37. The van der Waals surface area contributed by atoms with Crippen LogP contribution in [0.4, 0.5) is 0 Å². The highest BCUT2D eigenvalue weighted by Gasteiger charge is 2.34. The van der Waals surface area contributed by atoms with Crippen LogP contribution in [0.15, 0.2) is 0 Å². The summed E-state index contributed by atoms with van der Waals surface area (Å²) in [5.41, 5.74) is 0. The van der Waals surface area contributed by atoms with E-state index in [1.807, 2.05) is 0 Å². The zero-order valence-corrected chi connectivity index (χ0v) is 13.6. The first-order valence-corrected chi connectivity index (χ1v) is 9.19. The Morgan fingerprint density at radius 1 is 1.00 bits per heavy atom. The Morgan fingerprint density at radius 3 is 2.68 bits per heavy atom. The minimum atomic E-state index is -0.200. The number of carbonyl (C=O) groups excluding carboxylic acids is 2. The second-order valence-electron chi connectivity index (χ2n) is 7.36. The fourth-order valence-corrected chi connectivity index (χ4v) is 4.52. The highest BCUT2D eigenvalue weighted by molar-refractivity contribution is 5.82. The molecule has 0 aromatic carbocycles. The fraction of sp³-hybridized carbons (Fsp3) is 0.889. The normalized spacial score (nSPS) is 33.0. The van der Waals surface area contributed by atoms with E-state index >= 15 is 0 Å². The molecular formula is C18H29NO3. The first-order chi connectivity index (χ1) is 10.7. The van der Waals surface area contributed by atoms with Gasteiger partial charge in [0, 0.05) is 13.0 Å². The maximum Gasteiger partial charge on any atom is 0.325 e. The van der Waals surface area contributed by atoms with Crippen molar-refractivity contribution < 1.29 is 14.3 Å². The molecule has 22 heavy (non-hydrogen) atoms. The van der Waals surface area contributed by atoms with Crippen LogP contribution in [0, 0.1) is 11.8 Å². The Hall–Kier alpha value is -1.06. The molecule has 4 heteroatoms. The molecule has 3 atom stereocenters. The van der Waals surface area contributed by atoms with Crippen molar-refractivity contribution in [3.8, 4) is 0 Å². The van der Waals surface area contributed by atoms with Crippen molar-refractivity contribution in [1.82, 2.24) is 4.90 Å². The van der Waals surface area contributed by atoms with E-state index in [4.69, 9.17) is 4.74 Å². The fourth-order valence-electron chi connectivity index (χ4n) is 4.52. The number of esters is 1. The SMILES string of the molecule is O=C(CN1CCCCCC1=O)O[C@@H]1CC[C@H]2CCCC[C@H]2C1. The molecule has 2 aliphatic carbocycles. The van der Waals surface area contributed by atoms with E-state index in [0.29, 0.717) is 13.0 Å². The van der Waals surface area contributed by atoms with Gasteiger partial charge in [0.25, 0.3) is 0 Å². The third-order valence-electron chi connectivity index (χ3n) is 5.78. The molecule has 0 spiro atoms. The molecule has 0 unspecified atom stereocenters. The van der Waals surface area contributed by atoms with E-state index in [9.17, 15) is 9.59 Å². The van der Waals surface area contributed by atoms with Crippen molar-refractivity contribution in [2.45, 2.75) is 76.7 Å². The Morgan fingerprint density at radius 2 is 1.82 bits per heavy atom. The monoisotopic (exact) mass is 307 g/mol. The molecule has 1 heterocycles. The third kappa shape index (κ3) is 4.02. The Labute approximate surface area is 133 Å². The lowest BCUT2D eigenvalue weighted by atomic mass is 9.70. The minimum Gasteiger partial charge on any atom is -0.461 e. The molecule has 3 aliphatic rings. The van der Waals surface area contributed by atoms with Crippen LogP contribution in [0.1, 0.15) is 70.6 Å². The summed E-state index contributed by atoms with van der Waals surface area (Å²) >= 11 is 0. The average Bonchev–Trinajstić information content (AvgIpc) is 2.72. The van der Waals surface area contributed by atoms with Crippen molar-refractivity contribution in [1.29, 1.82) is 0 Å². The molecule has 3 fully saturated rings. The lowest BCUT2D eigenvalue weighted by Crippen LogP contribution is -2.39. The molecule has 1 saturated heterocycles. The number of hydrogen-bond acceptors (Lipinski definition) is 3. The molecule has 1 amide bonds. The van der Waals surface area contributed by atoms with Crippen LogP contribution < -0.4 is 0 Å². The first kappa shape index (κ1) is 15.8. The zero-order chi connectivity index (χ0) is 15.4. The summed E-state index contributed by atoms with van der Waals surface area (Å²) in [6.07, 6.45) is 12.4. The smallest absolute Gasteiger partial charge is 0.325 e. The Bertz CT molecular complexity index is 409. The largest absolute Gasteiger partial charge is 0.461 e. The number of ether oxygens (including phenoxy) is 1. The lowest BCUT2D eigenvalue weighted by molar-refractivity contribution is -0.156.